The smallest absolute Gasteiger partial charge is 0.0761 e. The number of rotatable bonds is 2. The summed E-state index contributed by atoms with van der Waals surface area (Å²) in [5.74, 6) is 0. The molecule has 2 heteroatoms. The fourth-order valence-electron chi connectivity index (χ4n) is 6.36. The summed E-state index contributed by atoms with van der Waals surface area (Å²) in [6.45, 7) is 3.52. The summed E-state index contributed by atoms with van der Waals surface area (Å²) < 4.78 is 0. The minimum absolute atomic E-state index is 0.341. The Morgan fingerprint density at radius 1 is 0.310 bits per heavy atom. The molecule has 0 fully saturated rings. The zero-order chi connectivity index (χ0) is 28.8. The first-order valence-corrected chi connectivity index (χ1v) is 14.5. The molecule has 0 aliphatic carbocycles. The monoisotopic (exact) mass is 544 g/mol. The predicted octanol–water partition coefficient (Wildman–Crippen LogP) is 10.4. The van der Waals surface area contributed by atoms with Gasteiger partial charge in [-0.3, -0.25) is 0 Å². The molecule has 2 unspecified atom stereocenters. The van der Waals surface area contributed by atoms with Crippen LogP contribution in [0.2, 0.25) is 0 Å². The molecule has 9 aromatic rings. The summed E-state index contributed by atoms with van der Waals surface area (Å²) in [4.78, 5) is 0. The Kier molecular flexibility index (Phi) is 6.59. The van der Waals surface area contributed by atoms with Gasteiger partial charge in [0, 0.05) is 0 Å². The van der Waals surface area contributed by atoms with Crippen molar-refractivity contribution in [2.24, 2.45) is 0 Å². The summed E-state index contributed by atoms with van der Waals surface area (Å²) >= 11 is 0. The normalized spacial score (nSPS) is 13.0. The van der Waals surface area contributed by atoms with Crippen molar-refractivity contribution in [2.75, 3.05) is 0 Å². The van der Waals surface area contributed by atoms with Crippen LogP contribution < -0.4 is 0 Å². The molecule has 0 saturated carbocycles. The van der Waals surface area contributed by atoms with E-state index in [1.807, 2.05) is 60.7 Å². The van der Waals surface area contributed by atoms with E-state index < -0.39 is 0 Å². The van der Waals surface area contributed by atoms with E-state index in [1.54, 1.807) is 13.8 Å². The van der Waals surface area contributed by atoms with E-state index in [0.29, 0.717) is 0 Å². The maximum Gasteiger partial charge on any atom is 0.0761 e. The zero-order valence-electron chi connectivity index (χ0n) is 23.8. The molecule has 0 bridgehead atoms. The molecule has 204 valence electrons. The number of aliphatic hydroxyl groups is 2. The van der Waals surface area contributed by atoms with E-state index >= 15 is 0 Å². The van der Waals surface area contributed by atoms with Crippen molar-refractivity contribution in [3.05, 3.63) is 145 Å². The Morgan fingerprint density at radius 2 is 0.500 bits per heavy atom. The van der Waals surface area contributed by atoms with E-state index in [9.17, 15) is 0 Å². The summed E-state index contributed by atoms with van der Waals surface area (Å²) in [6, 6.07) is 46.5. The first kappa shape index (κ1) is 26.2. The van der Waals surface area contributed by atoms with E-state index in [-0.39, 0.29) is 12.2 Å². The molecule has 0 saturated heterocycles. The van der Waals surface area contributed by atoms with Crippen LogP contribution in [0.5, 0.6) is 0 Å². The summed E-state index contributed by atoms with van der Waals surface area (Å²) in [6.07, 6.45) is -0.683. The fourth-order valence-corrected chi connectivity index (χ4v) is 6.36. The minimum atomic E-state index is -0.341. The molecule has 0 heterocycles. The maximum atomic E-state index is 9.02. The lowest BCUT2D eigenvalue weighted by Crippen LogP contribution is -1.91. The first-order chi connectivity index (χ1) is 20.5. The lowest BCUT2D eigenvalue weighted by Gasteiger charge is -2.20. The van der Waals surface area contributed by atoms with Crippen LogP contribution in [0.4, 0.5) is 0 Å². The number of hydrogen-bond acceptors (Lipinski definition) is 2. The van der Waals surface area contributed by atoms with Gasteiger partial charge in [-0.2, -0.15) is 0 Å². The molecule has 9 rings (SSSR count). The van der Waals surface area contributed by atoms with E-state index in [0.717, 1.165) is 11.1 Å². The fraction of sp³-hybridized carbons (Fsp3) is 0.100. The third-order valence-corrected chi connectivity index (χ3v) is 8.45. The van der Waals surface area contributed by atoms with E-state index in [4.69, 9.17) is 10.2 Å². The van der Waals surface area contributed by atoms with Gasteiger partial charge >= 0.3 is 0 Å². The summed E-state index contributed by atoms with van der Waals surface area (Å²) in [5, 5.41) is 34.8. The van der Waals surface area contributed by atoms with Crippen LogP contribution in [0.3, 0.4) is 0 Å². The lowest BCUT2D eigenvalue weighted by atomic mass is 9.83. The Balaban J connectivity index is 0.000000133. The minimum Gasteiger partial charge on any atom is -0.389 e. The highest BCUT2D eigenvalue weighted by atomic mass is 16.3. The van der Waals surface area contributed by atoms with Crippen LogP contribution >= 0.6 is 0 Å². The molecule has 0 aliphatic heterocycles. The van der Waals surface area contributed by atoms with Crippen molar-refractivity contribution in [1.29, 1.82) is 0 Å². The molecule has 0 radical (unpaired) electrons. The quantitative estimate of drug-likeness (QED) is 0.168. The molecular weight excluding hydrogens is 512 g/mol. The summed E-state index contributed by atoms with van der Waals surface area (Å²) in [7, 11) is 0. The van der Waals surface area contributed by atoms with Crippen molar-refractivity contribution in [1.82, 2.24) is 0 Å². The van der Waals surface area contributed by atoms with Crippen LogP contribution in [-0.4, -0.2) is 10.2 Å². The van der Waals surface area contributed by atoms with Gasteiger partial charge in [0.15, 0.2) is 0 Å². The highest BCUT2D eigenvalue weighted by molar-refractivity contribution is 6.44. The van der Waals surface area contributed by atoms with Gasteiger partial charge in [0.05, 0.1) is 12.2 Å². The molecule has 2 nitrogen and oxygen atoms in total. The molecule has 0 aliphatic rings. The highest BCUT2D eigenvalue weighted by Gasteiger charge is 2.19. The molecule has 0 amide bonds. The maximum absolute atomic E-state index is 9.02. The van der Waals surface area contributed by atoms with Crippen molar-refractivity contribution < 1.29 is 10.2 Å². The van der Waals surface area contributed by atoms with Crippen LogP contribution in [0, 0.1) is 0 Å². The second kappa shape index (κ2) is 10.6. The van der Waals surface area contributed by atoms with Crippen LogP contribution in [0.25, 0.3) is 64.6 Å². The van der Waals surface area contributed by atoms with Crippen LogP contribution in [0.15, 0.2) is 133 Å². The van der Waals surface area contributed by atoms with Gasteiger partial charge in [-0.1, -0.05) is 133 Å². The van der Waals surface area contributed by atoms with Gasteiger partial charge in [-0.15, -0.1) is 0 Å². The zero-order valence-corrected chi connectivity index (χ0v) is 23.8. The standard InChI is InChI=1S/C24H12.2C8H10O/c1-2-14-5-6-16-9-11-18-12-10-17-8-7-15-4-3-13(1)19-20(14)22(16)24(18)23(17)21(15)19;2*1-7(9)8-5-3-2-4-6-8/h1-12H;2*2-7,9H,1H3. The molecule has 42 heavy (non-hydrogen) atoms. The number of benzene rings is 9. The first-order valence-electron chi connectivity index (χ1n) is 14.5. The highest BCUT2D eigenvalue weighted by Crippen LogP contribution is 2.47. The molecular formula is C40H32O2. The van der Waals surface area contributed by atoms with Crippen molar-refractivity contribution in [3.8, 4) is 0 Å². The van der Waals surface area contributed by atoms with E-state index in [2.05, 4.69) is 72.8 Å². The van der Waals surface area contributed by atoms with Gasteiger partial charge in [0.2, 0.25) is 0 Å². The molecule has 9 aromatic carbocycles. The largest absolute Gasteiger partial charge is 0.389 e. The average Bonchev–Trinajstić information content (AvgIpc) is 3.05. The molecule has 2 atom stereocenters. The summed E-state index contributed by atoms with van der Waals surface area (Å²) in [5.41, 5.74) is 1.94. The third kappa shape index (κ3) is 4.37. The Morgan fingerprint density at radius 3 is 0.643 bits per heavy atom. The van der Waals surface area contributed by atoms with Gasteiger partial charge < -0.3 is 10.2 Å². The SMILES string of the molecule is CC(O)c1ccccc1.CC(O)c1ccccc1.c1cc2ccc3ccc4ccc5ccc6ccc1c1c2c3c4c5c61. The Labute approximate surface area is 245 Å². The van der Waals surface area contributed by atoms with Gasteiger partial charge in [-0.05, 0) is 89.6 Å². The molecule has 0 spiro atoms. The second-order valence-electron chi connectivity index (χ2n) is 11.2. The number of hydrogen-bond donors (Lipinski definition) is 2. The Hall–Kier alpha value is -4.76. The van der Waals surface area contributed by atoms with Crippen molar-refractivity contribution >= 4 is 64.6 Å². The number of aliphatic hydroxyl groups excluding tert-OH is 2. The average molecular weight is 545 g/mol. The topological polar surface area (TPSA) is 40.5 Å². The molecule has 2 N–H and O–H groups in total. The van der Waals surface area contributed by atoms with E-state index in [1.165, 1.54) is 64.6 Å². The predicted molar refractivity (Wildman–Crippen MR) is 179 cm³/mol. The van der Waals surface area contributed by atoms with Crippen molar-refractivity contribution in [2.45, 2.75) is 26.1 Å². The second-order valence-corrected chi connectivity index (χ2v) is 11.2. The van der Waals surface area contributed by atoms with Gasteiger partial charge in [-0.25, -0.2) is 0 Å². The lowest BCUT2D eigenvalue weighted by molar-refractivity contribution is 0.199. The van der Waals surface area contributed by atoms with Crippen LogP contribution in [0.1, 0.15) is 37.2 Å². The Bertz CT molecular complexity index is 1790. The third-order valence-electron chi connectivity index (χ3n) is 8.45. The van der Waals surface area contributed by atoms with Crippen LogP contribution in [-0.2, 0) is 0 Å². The molecule has 0 aromatic heterocycles. The van der Waals surface area contributed by atoms with Gasteiger partial charge in [0.25, 0.3) is 0 Å². The van der Waals surface area contributed by atoms with Gasteiger partial charge in [0.1, 0.15) is 0 Å². The van der Waals surface area contributed by atoms with Crippen molar-refractivity contribution in [3.63, 3.8) is 0 Å².